The lowest BCUT2D eigenvalue weighted by Crippen LogP contribution is -2.32. The number of nitrogens with zero attached hydrogens (tertiary/aromatic N) is 1. The number of hydrogen-bond donors (Lipinski definition) is 1. The zero-order valence-corrected chi connectivity index (χ0v) is 16.3. The molecule has 25 heavy (non-hydrogen) atoms. The van der Waals surface area contributed by atoms with Crippen molar-refractivity contribution in [2.75, 3.05) is 33.5 Å². The number of methoxy groups -OCH3 is 1. The lowest BCUT2D eigenvalue weighted by molar-refractivity contribution is -0.150. The molecule has 0 atom stereocenters. The zero-order chi connectivity index (χ0) is 18.2. The molecule has 1 aromatic heterocycles. The fourth-order valence-corrected chi connectivity index (χ4v) is 3.11. The average Bonchev–Trinajstić information content (AvgIpc) is 2.60. The molecule has 2 rings (SSSR count). The number of carbonyl (C=O) groups excluding carboxylic acids is 2. The number of benzene rings is 1. The zero-order valence-electron chi connectivity index (χ0n) is 13.4. The summed E-state index contributed by atoms with van der Waals surface area (Å²) < 4.78 is 15.9. The summed E-state index contributed by atoms with van der Waals surface area (Å²) in [5, 5.41) is 3.82. The van der Waals surface area contributed by atoms with Gasteiger partial charge < -0.3 is 19.5 Å². The molecule has 0 bridgehead atoms. The van der Waals surface area contributed by atoms with Crippen LogP contribution < -0.4 is 10.1 Å². The summed E-state index contributed by atoms with van der Waals surface area (Å²) in [6.07, 6.45) is 1.62. The molecule has 0 radical (unpaired) electrons. The number of rotatable bonds is 8. The molecule has 0 saturated heterocycles. The van der Waals surface area contributed by atoms with Crippen molar-refractivity contribution < 1.29 is 23.8 Å². The van der Waals surface area contributed by atoms with Crippen LogP contribution in [0.25, 0.3) is 10.9 Å². The minimum absolute atomic E-state index is 0.339. The first-order valence-electron chi connectivity index (χ1n) is 7.29. The predicted molar refractivity (Wildman–Crippen MR) is 101 cm³/mol. The highest BCUT2D eigenvalue weighted by molar-refractivity contribution is 14.1. The van der Waals surface area contributed by atoms with Crippen molar-refractivity contribution in [1.29, 1.82) is 0 Å². The van der Waals surface area contributed by atoms with Gasteiger partial charge in [0.25, 0.3) is 5.91 Å². The van der Waals surface area contributed by atoms with Gasteiger partial charge in [0, 0.05) is 25.2 Å². The minimum atomic E-state index is -0.656. The van der Waals surface area contributed by atoms with Crippen LogP contribution in [0.15, 0.2) is 24.4 Å². The van der Waals surface area contributed by atoms with Gasteiger partial charge in [-0.3, -0.25) is 9.78 Å². The van der Waals surface area contributed by atoms with Crippen LogP contribution in [0.3, 0.4) is 0 Å². The van der Waals surface area contributed by atoms with Gasteiger partial charge in [0.2, 0.25) is 0 Å². The second-order valence-electron chi connectivity index (χ2n) is 4.86. The molecule has 1 N–H and O–H groups in total. The topological polar surface area (TPSA) is 86.8 Å². The first-order valence-corrected chi connectivity index (χ1v) is 8.75. The Hall–Kier alpha value is -1.65. The molecule has 0 aliphatic carbocycles. The Morgan fingerprint density at radius 2 is 2.16 bits per heavy atom. The van der Waals surface area contributed by atoms with Crippen LogP contribution in [0.5, 0.6) is 5.75 Å². The van der Waals surface area contributed by atoms with E-state index in [4.69, 9.17) is 25.8 Å². The van der Waals surface area contributed by atoms with E-state index in [-0.39, 0.29) is 13.2 Å². The third-order valence-electron chi connectivity index (χ3n) is 3.08. The normalized spacial score (nSPS) is 10.5. The molecule has 1 aromatic carbocycles. The maximum Gasteiger partial charge on any atom is 0.344 e. The van der Waals surface area contributed by atoms with Gasteiger partial charge in [-0.25, -0.2) is 4.79 Å². The largest absolute Gasteiger partial charge is 0.478 e. The number of hydrogen-bond acceptors (Lipinski definition) is 6. The van der Waals surface area contributed by atoms with Crippen LogP contribution in [0.1, 0.15) is 0 Å². The van der Waals surface area contributed by atoms with Gasteiger partial charge in [0.05, 0.1) is 15.2 Å². The monoisotopic (exact) mass is 478 g/mol. The smallest absolute Gasteiger partial charge is 0.344 e. The van der Waals surface area contributed by atoms with E-state index in [0.717, 1.165) is 8.96 Å². The van der Waals surface area contributed by atoms with E-state index in [1.807, 2.05) is 6.07 Å². The molecule has 0 saturated carbocycles. The molecule has 0 unspecified atom stereocenters. The second kappa shape index (κ2) is 9.73. The summed E-state index contributed by atoms with van der Waals surface area (Å²) >= 11 is 8.24. The second-order valence-corrected chi connectivity index (χ2v) is 6.43. The molecule has 9 heteroatoms. The van der Waals surface area contributed by atoms with E-state index in [2.05, 4.69) is 32.9 Å². The van der Waals surface area contributed by atoms with Gasteiger partial charge in [0.15, 0.2) is 19.0 Å². The summed E-state index contributed by atoms with van der Waals surface area (Å²) in [6, 6.07) is 5.31. The van der Waals surface area contributed by atoms with Crippen LogP contribution in [-0.2, 0) is 19.1 Å². The quantitative estimate of drug-likeness (QED) is 0.356. The van der Waals surface area contributed by atoms with Crippen LogP contribution in [0.4, 0.5) is 0 Å². The Bertz CT molecular complexity index is 772. The van der Waals surface area contributed by atoms with Gasteiger partial charge >= 0.3 is 5.97 Å². The highest BCUT2D eigenvalue weighted by Crippen LogP contribution is 2.34. The summed E-state index contributed by atoms with van der Waals surface area (Å²) in [7, 11) is 1.53. The van der Waals surface area contributed by atoms with Crippen molar-refractivity contribution in [3.05, 3.63) is 33.0 Å². The van der Waals surface area contributed by atoms with Crippen molar-refractivity contribution in [1.82, 2.24) is 10.3 Å². The summed E-state index contributed by atoms with van der Waals surface area (Å²) in [6.45, 7) is 0.0269. The molecular weight excluding hydrogens is 463 g/mol. The lowest BCUT2D eigenvalue weighted by atomic mass is 10.2. The maximum absolute atomic E-state index is 11.8. The van der Waals surface area contributed by atoms with E-state index < -0.39 is 11.9 Å². The minimum Gasteiger partial charge on any atom is -0.478 e. The van der Waals surface area contributed by atoms with Crippen molar-refractivity contribution in [3.63, 3.8) is 0 Å². The first kappa shape index (κ1) is 19.7. The van der Waals surface area contributed by atoms with Gasteiger partial charge in [-0.1, -0.05) is 11.6 Å². The molecule has 1 amide bonds. The van der Waals surface area contributed by atoms with Crippen LogP contribution in [-0.4, -0.2) is 50.3 Å². The Kier molecular flexibility index (Phi) is 7.66. The van der Waals surface area contributed by atoms with Crippen molar-refractivity contribution in [3.8, 4) is 5.75 Å². The number of aromatic nitrogens is 1. The standard InChI is InChI=1S/C16H16ClIN2O5/c1-23-6-5-19-13(21)8-24-14(22)9-25-16-12(18)7-11(17)10-3-2-4-20-15(10)16/h2-4,7H,5-6,8-9H2,1H3,(H,19,21). The number of ether oxygens (including phenoxy) is 3. The Balaban J connectivity index is 1.92. The number of esters is 1. The maximum atomic E-state index is 11.8. The molecule has 0 spiro atoms. The van der Waals surface area contributed by atoms with Crippen molar-refractivity contribution >= 4 is 57.0 Å². The van der Waals surface area contributed by atoms with E-state index in [1.54, 1.807) is 18.3 Å². The van der Waals surface area contributed by atoms with Gasteiger partial charge in [-0.05, 0) is 40.8 Å². The highest BCUT2D eigenvalue weighted by Gasteiger charge is 2.14. The number of fused-ring (bicyclic) bond motifs is 1. The highest BCUT2D eigenvalue weighted by atomic mass is 127. The molecule has 2 aromatic rings. The Labute approximate surface area is 163 Å². The van der Waals surface area contributed by atoms with Gasteiger partial charge in [-0.2, -0.15) is 0 Å². The van der Waals surface area contributed by atoms with E-state index in [9.17, 15) is 9.59 Å². The van der Waals surface area contributed by atoms with E-state index in [1.165, 1.54) is 7.11 Å². The molecule has 0 fully saturated rings. The molecule has 1 heterocycles. The lowest BCUT2D eigenvalue weighted by Gasteiger charge is -2.11. The number of nitrogens with one attached hydrogen (secondary N) is 1. The molecular formula is C16H16ClIN2O5. The Morgan fingerprint density at radius 1 is 1.36 bits per heavy atom. The molecule has 0 aliphatic heterocycles. The third-order valence-corrected chi connectivity index (χ3v) is 4.19. The summed E-state index contributed by atoms with van der Waals surface area (Å²) in [5.41, 5.74) is 0.560. The molecule has 7 nitrogen and oxygen atoms in total. The molecule has 134 valence electrons. The van der Waals surface area contributed by atoms with Gasteiger partial charge in [0.1, 0.15) is 5.52 Å². The fourth-order valence-electron chi connectivity index (χ4n) is 1.95. The Morgan fingerprint density at radius 3 is 2.92 bits per heavy atom. The number of carbonyl (C=O) groups is 2. The summed E-state index contributed by atoms with van der Waals surface area (Å²) in [4.78, 5) is 27.5. The van der Waals surface area contributed by atoms with E-state index in [0.29, 0.717) is 29.4 Å². The third kappa shape index (κ3) is 5.68. The number of halogens is 2. The average molecular weight is 479 g/mol. The fraction of sp³-hybridized carbons (Fsp3) is 0.312. The number of pyridine rings is 1. The SMILES string of the molecule is COCCNC(=O)COC(=O)COc1c(I)cc(Cl)c2cccnc12. The first-order chi connectivity index (χ1) is 12.0. The summed E-state index contributed by atoms with van der Waals surface area (Å²) in [5.74, 6) is -0.614. The predicted octanol–water partition coefficient (Wildman–Crippen LogP) is 2.18. The van der Waals surface area contributed by atoms with Crippen LogP contribution in [0.2, 0.25) is 5.02 Å². The number of amides is 1. The van der Waals surface area contributed by atoms with Crippen molar-refractivity contribution in [2.24, 2.45) is 0 Å². The van der Waals surface area contributed by atoms with E-state index >= 15 is 0 Å². The van der Waals surface area contributed by atoms with Crippen LogP contribution >= 0.6 is 34.2 Å². The van der Waals surface area contributed by atoms with Crippen molar-refractivity contribution in [2.45, 2.75) is 0 Å². The van der Waals surface area contributed by atoms with Gasteiger partial charge in [-0.15, -0.1) is 0 Å². The molecule has 0 aliphatic rings. The van der Waals surface area contributed by atoms with Crippen LogP contribution in [0, 0.1) is 3.57 Å².